The first-order chi connectivity index (χ1) is 6.54. The van der Waals surface area contributed by atoms with Crippen LogP contribution in [0.15, 0.2) is 11.4 Å². The molecule has 14 heavy (non-hydrogen) atoms. The van der Waals surface area contributed by atoms with E-state index in [4.69, 9.17) is 15.6 Å². The molecule has 0 bridgehead atoms. The van der Waals surface area contributed by atoms with Crippen LogP contribution in [0.25, 0.3) is 0 Å². The zero-order valence-corrected chi connectivity index (χ0v) is 9.43. The Morgan fingerprint density at radius 1 is 1.57 bits per heavy atom. The second kappa shape index (κ2) is 4.77. The van der Waals surface area contributed by atoms with Gasteiger partial charge in [-0.15, -0.1) is 11.3 Å². The first-order valence-corrected chi connectivity index (χ1v) is 5.53. The Bertz CT molecular complexity index is 278. The smallest absolute Gasteiger partial charge is 0.130 e. The van der Waals surface area contributed by atoms with Crippen molar-refractivity contribution >= 4 is 11.3 Å². The maximum Gasteiger partial charge on any atom is 0.130 e. The Balaban J connectivity index is 2.51. The molecule has 1 aromatic rings. The van der Waals surface area contributed by atoms with Gasteiger partial charge in [0.05, 0.1) is 6.61 Å². The van der Waals surface area contributed by atoms with Gasteiger partial charge in [0, 0.05) is 28.8 Å². The van der Waals surface area contributed by atoms with Crippen LogP contribution >= 0.6 is 11.3 Å². The van der Waals surface area contributed by atoms with E-state index in [0.29, 0.717) is 13.0 Å². The lowest BCUT2D eigenvalue weighted by molar-refractivity contribution is 0.234. The van der Waals surface area contributed by atoms with Crippen molar-refractivity contribution in [1.29, 1.82) is 0 Å². The Labute approximate surface area is 88.5 Å². The number of aliphatic hydroxyl groups excluding tert-OH is 1. The lowest BCUT2D eigenvalue weighted by atomic mass is 10.1. The van der Waals surface area contributed by atoms with Crippen molar-refractivity contribution in [3.05, 3.63) is 16.3 Å². The summed E-state index contributed by atoms with van der Waals surface area (Å²) in [6.07, 6.45) is 0.664. The van der Waals surface area contributed by atoms with E-state index >= 15 is 0 Å². The van der Waals surface area contributed by atoms with Gasteiger partial charge in [0.15, 0.2) is 0 Å². The van der Waals surface area contributed by atoms with Gasteiger partial charge in [-0.05, 0) is 19.9 Å². The van der Waals surface area contributed by atoms with E-state index in [-0.39, 0.29) is 12.1 Å². The highest BCUT2D eigenvalue weighted by molar-refractivity contribution is 7.10. The minimum atomic E-state index is -0.302. The SMILES string of the molecule is CC(C)(N)c1cc(OCCCO)cs1. The fourth-order valence-electron chi connectivity index (χ4n) is 0.987. The van der Waals surface area contributed by atoms with Gasteiger partial charge < -0.3 is 15.6 Å². The molecule has 0 spiro atoms. The first-order valence-electron chi connectivity index (χ1n) is 4.65. The molecule has 0 aromatic carbocycles. The number of thiophene rings is 1. The summed E-state index contributed by atoms with van der Waals surface area (Å²) >= 11 is 1.60. The van der Waals surface area contributed by atoms with E-state index in [0.717, 1.165) is 10.6 Å². The maximum atomic E-state index is 8.58. The zero-order valence-electron chi connectivity index (χ0n) is 8.62. The molecule has 1 aromatic heterocycles. The molecule has 4 heteroatoms. The lowest BCUT2D eigenvalue weighted by Crippen LogP contribution is -2.27. The quantitative estimate of drug-likeness (QED) is 0.735. The molecule has 0 saturated carbocycles. The number of hydrogen-bond donors (Lipinski definition) is 2. The predicted octanol–water partition coefficient (Wildman–Crippen LogP) is 1.70. The number of ether oxygens (including phenoxy) is 1. The van der Waals surface area contributed by atoms with Crippen LogP contribution in [-0.2, 0) is 5.54 Å². The van der Waals surface area contributed by atoms with Gasteiger partial charge in [0.2, 0.25) is 0 Å². The molecule has 0 aliphatic rings. The lowest BCUT2D eigenvalue weighted by Gasteiger charge is -2.15. The molecule has 1 rings (SSSR count). The Morgan fingerprint density at radius 3 is 2.79 bits per heavy atom. The van der Waals surface area contributed by atoms with E-state index in [1.807, 2.05) is 25.3 Å². The molecule has 3 nitrogen and oxygen atoms in total. The maximum absolute atomic E-state index is 8.58. The van der Waals surface area contributed by atoms with E-state index in [1.54, 1.807) is 11.3 Å². The molecular formula is C10H17NO2S. The number of hydrogen-bond acceptors (Lipinski definition) is 4. The number of aliphatic hydroxyl groups is 1. The van der Waals surface area contributed by atoms with Crippen LogP contribution in [0.4, 0.5) is 0 Å². The van der Waals surface area contributed by atoms with Crippen LogP contribution in [0.2, 0.25) is 0 Å². The first kappa shape index (κ1) is 11.5. The van der Waals surface area contributed by atoms with Gasteiger partial charge in [0.25, 0.3) is 0 Å². The summed E-state index contributed by atoms with van der Waals surface area (Å²) in [4.78, 5) is 1.11. The summed E-state index contributed by atoms with van der Waals surface area (Å²) in [5.74, 6) is 0.844. The van der Waals surface area contributed by atoms with Crippen molar-refractivity contribution in [3.63, 3.8) is 0 Å². The van der Waals surface area contributed by atoms with Gasteiger partial charge in [-0.2, -0.15) is 0 Å². The molecular weight excluding hydrogens is 198 g/mol. The summed E-state index contributed by atoms with van der Waals surface area (Å²) in [5.41, 5.74) is 5.64. The molecule has 80 valence electrons. The molecule has 0 unspecified atom stereocenters. The third kappa shape index (κ3) is 3.29. The van der Waals surface area contributed by atoms with E-state index in [2.05, 4.69) is 0 Å². The molecule has 0 radical (unpaired) electrons. The average Bonchev–Trinajstić information content (AvgIpc) is 2.52. The Morgan fingerprint density at radius 2 is 2.29 bits per heavy atom. The van der Waals surface area contributed by atoms with Crippen molar-refractivity contribution in [2.75, 3.05) is 13.2 Å². The fourth-order valence-corrected chi connectivity index (χ4v) is 1.85. The zero-order chi connectivity index (χ0) is 10.6. The Kier molecular flexibility index (Phi) is 3.92. The van der Waals surface area contributed by atoms with Crippen molar-refractivity contribution in [2.24, 2.45) is 5.73 Å². The monoisotopic (exact) mass is 215 g/mol. The summed E-state index contributed by atoms with van der Waals surface area (Å²) in [7, 11) is 0. The molecule has 0 saturated heterocycles. The van der Waals surface area contributed by atoms with Crippen molar-refractivity contribution in [2.45, 2.75) is 25.8 Å². The van der Waals surface area contributed by atoms with Gasteiger partial charge in [-0.25, -0.2) is 0 Å². The standard InChI is InChI=1S/C10H17NO2S/c1-10(2,11)9-6-8(7-14-9)13-5-3-4-12/h6-7,12H,3-5,11H2,1-2H3. The van der Waals surface area contributed by atoms with Crippen molar-refractivity contribution in [1.82, 2.24) is 0 Å². The molecule has 3 N–H and O–H groups in total. The summed E-state index contributed by atoms with van der Waals surface area (Å²) in [6, 6.07) is 1.96. The highest BCUT2D eigenvalue weighted by atomic mass is 32.1. The molecule has 0 atom stereocenters. The second-order valence-corrected chi connectivity index (χ2v) is 4.71. The summed E-state index contributed by atoms with van der Waals surface area (Å²) in [5, 5.41) is 10.5. The second-order valence-electron chi connectivity index (χ2n) is 3.79. The van der Waals surface area contributed by atoms with Crippen LogP contribution in [0, 0.1) is 0 Å². The van der Waals surface area contributed by atoms with E-state index in [1.165, 1.54) is 0 Å². The molecule has 1 heterocycles. The highest BCUT2D eigenvalue weighted by Crippen LogP contribution is 2.28. The summed E-state index contributed by atoms with van der Waals surface area (Å²) < 4.78 is 5.42. The van der Waals surface area contributed by atoms with Crippen molar-refractivity contribution < 1.29 is 9.84 Å². The third-order valence-electron chi connectivity index (χ3n) is 1.78. The molecule has 0 amide bonds. The van der Waals surface area contributed by atoms with Gasteiger partial charge in [-0.3, -0.25) is 0 Å². The topological polar surface area (TPSA) is 55.5 Å². The van der Waals surface area contributed by atoms with Crippen molar-refractivity contribution in [3.8, 4) is 5.75 Å². The highest BCUT2D eigenvalue weighted by Gasteiger charge is 2.16. The van der Waals surface area contributed by atoms with Crippen LogP contribution in [0.3, 0.4) is 0 Å². The number of rotatable bonds is 5. The minimum absolute atomic E-state index is 0.166. The Hall–Kier alpha value is -0.580. The average molecular weight is 215 g/mol. The van der Waals surface area contributed by atoms with E-state index in [9.17, 15) is 0 Å². The summed E-state index contributed by atoms with van der Waals surface area (Å²) in [6.45, 7) is 4.66. The fraction of sp³-hybridized carbons (Fsp3) is 0.600. The predicted molar refractivity (Wildman–Crippen MR) is 58.7 cm³/mol. The minimum Gasteiger partial charge on any atom is -0.493 e. The van der Waals surface area contributed by atoms with Gasteiger partial charge >= 0.3 is 0 Å². The van der Waals surface area contributed by atoms with Gasteiger partial charge in [0.1, 0.15) is 5.75 Å². The van der Waals surface area contributed by atoms with Crippen LogP contribution in [-0.4, -0.2) is 18.3 Å². The number of nitrogens with two attached hydrogens (primary N) is 1. The van der Waals surface area contributed by atoms with Gasteiger partial charge in [-0.1, -0.05) is 0 Å². The van der Waals surface area contributed by atoms with Crippen LogP contribution in [0.5, 0.6) is 5.75 Å². The molecule has 0 aliphatic heterocycles. The normalized spacial score (nSPS) is 11.7. The molecule has 0 fully saturated rings. The largest absolute Gasteiger partial charge is 0.493 e. The van der Waals surface area contributed by atoms with E-state index < -0.39 is 0 Å². The molecule has 0 aliphatic carbocycles. The van der Waals surface area contributed by atoms with Crippen LogP contribution < -0.4 is 10.5 Å². The van der Waals surface area contributed by atoms with Crippen LogP contribution in [0.1, 0.15) is 25.1 Å². The third-order valence-corrected chi connectivity index (χ3v) is 3.03.